The van der Waals surface area contributed by atoms with Crippen molar-refractivity contribution in [3.05, 3.63) is 21.1 Å². The highest BCUT2D eigenvalue weighted by Gasteiger charge is 2.42. The van der Waals surface area contributed by atoms with Crippen LogP contribution in [0.3, 0.4) is 0 Å². The number of nitrogens with zero attached hydrogens (tertiary/aromatic N) is 2. The molecule has 1 aromatic rings. The van der Waals surface area contributed by atoms with E-state index in [1.54, 1.807) is 7.11 Å². The molecular formula is C14H18BrClN2O. The number of aromatic nitrogens is 2. The normalized spacial score (nSPS) is 22.5. The lowest BCUT2D eigenvalue weighted by Crippen LogP contribution is -2.38. The molecule has 104 valence electrons. The predicted octanol–water partition coefficient (Wildman–Crippen LogP) is 4.58. The Morgan fingerprint density at radius 1 is 1.21 bits per heavy atom. The zero-order chi connectivity index (χ0) is 13.5. The van der Waals surface area contributed by atoms with Crippen molar-refractivity contribution >= 4 is 27.5 Å². The first-order chi connectivity index (χ1) is 9.16. The topological polar surface area (TPSA) is 35.0 Å². The van der Waals surface area contributed by atoms with Gasteiger partial charge in [0.25, 0.3) is 0 Å². The summed E-state index contributed by atoms with van der Waals surface area (Å²) in [5, 5.41) is 0.523. The first-order valence-corrected chi connectivity index (χ1v) is 8.12. The largest absolute Gasteiger partial charge is 0.370 e. The second kappa shape index (κ2) is 5.30. The van der Waals surface area contributed by atoms with Crippen molar-refractivity contribution in [1.29, 1.82) is 0 Å². The maximum atomic E-state index is 6.29. The van der Waals surface area contributed by atoms with Crippen molar-refractivity contribution < 1.29 is 4.74 Å². The Morgan fingerprint density at radius 3 is 2.42 bits per heavy atom. The van der Waals surface area contributed by atoms with Crippen LogP contribution in [0, 0.1) is 0 Å². The molecule has 0 spiro atoms. The Morgan fingerprint density at radius 2 is 1.89 bits per heavy atom. The van der Waals surface area contributed by atoms with Crippen LogP contribution in [0.25, 0.3) is 0 Å². The molecule has 0 aliphatic heterocycles. The summed E-state index contributed by atoms with van der Waals surface area (Å²) in [6, 6.07) is 0. The predicted molar refractivity (Wildman–Crippen MR) is 78.5 cm³/mol. The Balaban J connectivity index is 2.02. The minimum atomic E-state index is -0.294. The van der Waals surface area contributed by atoms with E-state index in [1.807, 2.05) is 0 Å². The standard InChI is InChI=1S/C14H18BrClN2O/c1-19-14(7-4-8-14)13-17-11(9-5-2-3-6-9)10(15)12(16)18-13/h9H,2-8H2,1H3. The maximum Gasteiger partial charge on any atom is 0.162 e. The number of ether oxygens (including phenoxy) is 1. The molecule has 3 nitrogen and oxygen atoms in total. The van der Waals surface area contributed by atoms with E-state index in [2.05, 4.69) is 20.9 Å². The highest BCUT2D eigenvalue weighted by molar-refractivity contribution is 9.10. The van der Waals surface area contributed by atoms with Crippen LogP contribution < -0.4 is 0 Å². The molecule has 0 saturated heterocycles. The van der Waals surface area contributed by atoms with Crippen molar-refractivity contribution in [1.82, 2.24) is 9.97 Å². The second-order valence-electron chi connectivity index (χ2n) is 5.57. The fraction of sp³-hybridized carbons (Fsp3) is 0.714. The lowest BCUT2D eigenvalue weighted by atomic mass is 9.79. The van der Waals surface area contributed by atoms with E-state index in [9.17, 15) is 0 Å². The van der Waals surface area contributed by atoms with Crippen LogP contribution in [0.4, 0.5) is 0 Å². The zero-order valence-electron chi connectivity index (χ0n) is 11.1. The monoisotopic (exact) mass is 344 g/mol. The Hall–Kier alpha value is -0.190. The molecular weight excluding hydrogens is 328 g/mol. The van der Waals surface area contributed by atoms with Gasteiger partial charge < -0.3 is 4.74 Å². The van der Waals surface area contributed by atoms with E-state index < -0.39 is 0 Å². The molecule has 2 fully saturated rings. The summed E-state index contributed by atoms with van der Waals surface area (Å²) in [5.41, 5.74) is 0.786. The third-order valence-electron chi connectivity index (χ3n) is 4.54. The second-order valence-corrected chi connectivity index (χ2v) is 6.72. The molecule has 0 N–H and O–H groups in total. The smallest absolute Gasteiger partial charge is 0.162 e. The number of halogens is 2. The first kappa shape index (κ1) is 13.8. The van der Waals surface area contributed by atoms with E-state index in [0.29, 0.717) is 11.1 Å². The molecule has 0 atom stereocenters. The molecule has 0 amide bonds. The zero-order valence-corrected chi connectivity index (χ0v) is 13.4. The van der Waals surface area contributed by atoms with Gasteiger partial charge in [-0.05, 0) is 48.0 Å². The van der Waals surface area contributed by atoms with Crippen molar-refractivity contribution in [3.8, 4) is 0 Å². The summed E-state index contributed by atoms with van der Waals surface area (Å²) in [5.74, 6) is 1.29. The third kappa shape index (κ3) is 2.32. The molecule has 2 aliphatic rings. The lowest BCUT2D eigenvalue weighted by Gasteiger charge is -2.39. The molecule has 2 saturated carbocycles. The van der Waals surface area contributed by atoms with Crippen LogP contribution in [0.5, 0.6) is 0 Å². The van der Waals surface area contributed by atoms with Crippen LogP contribution in [-0.2, 0) is 10.3 Å². The van der Waals surface area contributed by atoms with Gasteiger partial charge >= 0.3 is 0 Å². The van der Waals surface area contributed by atoms with Gasteiger partial charge in [0.2, 0.25) is 0 Å². The third-order valence-corrected chi connectivity index (χ3v) is 5.82. The molecule has 3 rings (SSSR count). The summed E-state index contributed by atoms with van der Waals surface area (Å²) in [6.07, 6.45) is 8.12. The average Bonchev–Trinajstić information content (AvgIpc) is 2.86. The minimum Gasteiger partial charge on any atom is -0.370 e. The van der Waals surface area contributed by atoms with E-state index in [0.717, 1.165) is 28.8 Å². The first-order valence-electron chi connectivity index (χ1n) is 6.95. The van der Waals surface area contributed by atoms with Crippen LogP contribution in [0.2, 0.25) is 5.15 Å². The van der Waals surface area contributed by atoms with E-state index in [-0.39, 0.29) is 5.60 Å². The molecule has 0 unspecified atom stereocenters. The van der Waals surface area contributed by atoms with Crippen molar-refractivity contribution in [2.24, 2.45) is 0 Å². The van der Waals surface area contributed by atoms with E-state index in [1.165, 1.54) is 32.1 Å². The van der Waals surface area contributed by atoms with Crippen molar-refractivity contribution in [2.75, 3.05) is 7.11 Å². The molecule has 2 aliphatic carbocycles. The van der Waals surface area contributed by atoms with Gasteiger partial charge in [0.1, 0.15) is 10.8 Å². The Bertz CT molecular complexity index is 479. The average molecular weight is 346 g/mol. The van der Waals surface area contributed by atoms with Crippen LogP contribution in [0.1, 0.15) is 62.4 Å². The summed E-state index contributed by atoms with van der Waals surface area (Å²) < 4.78 is 6.54. The van der Waals surface area contributed by atoms with Crippen molar-refractivity contribution in [3.63, 3.8) is 0 Å². The number of hydrogen-bond acceptors (Lipinski definition) is 3. The summed E-state index contributed by atoms with van der Waals surface area (Å²) in [7, 11) is 1.74. The molecule has 1 aromatic heterocycles. The highest BCUT2D eigenvalue weighted by Crippen LogP contribution is 2.45. The lowest BCUT2D eigenvalue weighted by molar-refractivity contribution is -0.0848. The van der Waals surface area contributed by atoms with Gasteiger partial charge in [-0.2, -0.15) is 0 Å². The van der Waals surface area contributed by atoms with Gasteiger partial charge in [0.15, 0.2) is 5.82 Å². The fourth-order valence-corrected chi connectivity index (χ4v) is 3.80. The summed E-state index contributed by atoms with van der Waals surface area (Å²) in [4.78, 5) is 9.26. The SMILES string of the molecule is COC1(c2nc(Cl)c(Br)c(C3CCCC3)n2)CCC1. The molecule has 1 heterocycles. The number of rotatable bonds is 3. The highest BCUT2D eigenvalue weighted by atomic mass is 79.9. The molecule has 0 bridgehead atoms. The van der Waals surface area contributed by atoms with Crippen LogP contribution in [-0.4, -0.2) is 17.1 Å². The van der Waals surface area contributed by atoms with Gasteiger partial charge in [0.05, 0.1) is 10.2 Å². The van der Waals surface area contributed by atoms with Gasteiger partial charge in [-0.3, -0.25) is 0 Å². The van der Waals surface area contributed by atoms with Gasteiger partial charge in [0, 0.05) is 13.0 Å². The Labute approximate surface area is 127 Å². The maximum absolute atomic E-state index is 6.29. The number of methoxy groups -OCH3 is 1. The van der Waals surface area contributed by atoms with Crippen LogP contribution in [0.15, 0.2) is 4.47 Å². The quantitative estimate of drug-likeness (QED) is 0.752. The molecule has 19 heavy (non-hydrogen) atoms. The van der Waals surface area contributed by atoms with E-state index >= 15 is 0 Å². The van der Waals surface area contributed by atoms with Gasteiger partial charge in [-0.15, -0.1) is 0 Å². The fourth-order valence-electron chi connectivity index (χ4n) is 3.13. The van der Waals surface area contributed by atoms with Crippen LogP contribution >= 0.6 is 27.5 Å². The summed E-state index contributed by atoms with van der Waals surface area (Å²) >= 11 is 9.84. The van der Waals surface area contributed by atoms with E-state index in [4.69, 9.17) is 21.3 Å². The molecule has 0 aromatic carbocycles. The van der Waals surface area contributed by atoms with Gasteiger partial charge in [-0.1, -0.05) is 24.4 Å². The van der Waals surface area contributed by atoms with Crippen molar-refractivity contribution in [2.45, 2.75) is 56.5 Å². The van der Waals surface area contributed by atoms with Gasteiger partial charge in [-0.25, -0.2) is 9.97 Å². The summed E-state index contributed by atoms with van der Waals surface area (Å²) in [6.45, 7) is 0. The Kier molecular flexibility index (Phi) is 3.84. The molecule has 5 heteroatoms. The minimum absolute atomic E-state index is 0.294. The molecule has 0 radical (unpaired) electrons. The number of hydrogen-bond donors (Lipinski definition) is 0.